The number of benzene rings is 1. The van der Waals surface area contributed by atoms with Crippen LogP contribution in [0.5, 0.6) is 0 Å². The number of carbonyl (C=O) groups is 1. The number of nitrogens with zero attached hydrogens (tertiary/aromatic N) is 1. The van der Waals surface area contributed by atoms with E-state index in [2.05, 4.69) is 0 Å². The van der Waals surface area contributed by atoms with Gasteiger partial charge in [0.05, 0.1) is 20.7 Å². The zero-order chi connectivity index (χ0) is 13.1. The molecule has 1 heterocycles. The highest BCUT2D eigenvalue weighted by molar-refractivity contribution is 7.86. The SMILES string of the molecule is Nc1cccc(Cl)c1S(=O)CC(=O)N1CCCC1. The van der Waals surface area contributed by atoms with E-state index in [0.717, 1.165) is 25.9 Å². The summed E-state index contributed by atoms with van der Waals surface area (Å²) in [7, 11) is -1.48. The van der Waals surface area contributed by atoms with Crippen LogP contribution in [0.4, 0.5) is 5.69 Å². The fourth-order valence-corrected chi connectivity index (χ4v) is 3.62. The van der Waals surface area contributed by atoms with E-state index in [1.807, 2.05) is 0 Å². The second kappa shape index (κ2) is 5.71. The summed E-state index contributed by atoms with van der Waals surface area (Å²) in [5.74, 6) is -0.140. The van der Waals surface area contributed by atoms with Gasteiger partial charge in [0.15, 0.2) is 0 Å². The number of hydrogen-bond acceptors (Lipinski definition) is 3. The molecule has 1 aromatic rings. The lowest BCUT2D eigenvalue weighted by Crippen LogP contribution is -2.31. The summed E-state index contributed by atoms with van der Waals surface area (Å²) in [5.41, 5.74) is 6.12. The van der Waals surface area contributed by atoms with Crippen molar-refractivity contribution < 1.29 is 9.00 Å². The molecule has 1 amide bonds. The molecule has 1 aliphatic rings. The van der Waals surface area contributed by atoms with Gasteiger partial charge in [-0.2, -0.15) is 0 Å². The lowest BCUT2D eigenvalue weighted by Gasteiger charge is -2.15. The summed E-state index contributed by atoms with van der Waals surface area (Å²) in [6, 6.07) is 4.96. The molecule has 2 N–H and O–H groups in total. The van der Waals surface area contributed by atoms with E-state index in [1.54, 1.807) is 23.1 Å². The standard InChI is InChI=1S/C12H15ClN2O2S/c13-9-4-3-5-10(14)12(9)18(17)8-11(16)15-6-1-2-7-15/h3-5H,1-2,6-8,14H2. The van der Waals surface area contributed by atoms with Crippen LogP contribution in [-0.2, 0) is 15.6 Å². The zero-order valence-electron chi connectivity index (χ0n) is 9.89. The summed E-state index contributed by atoms with van der Waals surface area (Å²) in [5, 5.41) is 0.350. The Morgan fingerprint density at radius 1 is 1.39 bits per heavy atom. The van der Waals surface area contributed by atoms with Crippen LogP contribution in [0.3, 0.4) is 0 Å². The molecule has 1 atom stereocenters. The highest BCUT2D eigenvalue weighted by Gasteiger charge is 2.22. The normalized spacial score (nSPS) is 16.8. The van der Waals surface area contributed by atoms with Crippen molar-refractivity contribution in [3.05, 3.63) is 23.2 Å². The molecule has 0 spiro atoms. The molecule has 0 saturated carbocycles. The molecule has 1 saturated heterocycles. The minimum Gasteiger partial charge on any atom is -0.398 e. The maximum atomic E-state index is 12.2. The number of carbonyl (C=O) groups excluding carboxylic acids is 1. The third kappa shape index (κ3) is 2.84. The minimum absolute atomic E-state index is 0.0477. The van der Waals surface area contributed by atoms with Crippen molar-refractivity contribution in [3.8, 4) is 0 Å². The van der Waals surface area contributed by atoms with Gasteiger partial charge in [-0.3, -0.25) is 9.00 Å². The quantitative estimate of drug-likeness (QED) is 0.860. The Morgan fingerprint density at radius 3 is 2.67 bits per heavy atom. The predicted octanol–water partition coefficient (Wildman–Crippen LogP) is 1.65. The summed E-state index contributed by atoms with van der Waals surface area (Å²) in [6.07, 6.45) is 2.04. The lowest BCUT2D eigenvalue weighted by molar-refractivity contribution is -0.127. The molecule has 0 bridgehead atoms. The number of hydrogen-bond donors (Lipinski definition) is 1. The average molecular weight is 287 g/mol. The smallest absolute Gasteiger partial charge is 0.235 e. The monoisotopic (exact) mass is 286 g/mol. The summed E-state index contributed by atoms with van der Waals surface area (Å²) in [6.45, 7) is 1.52. The number of nitrogen functional groups attached to an aromatic ring is 1. The number of amides is 1. The highest BCUT2D eigenvalue weighted by atomic mass is 35.5. The first kappa shape index (κ1) is 13.4. The number of anilines is 1. The molecular weight excluding hydrogens is 272 g/mol. The van der Waals surface area contributed by atoms with Gasteiger partial charge < -0.3 is 10.6 Å². The van der Waals surface area contributed by atoms with E-state index in [4.69, 9.17) is 17.3 Å². The van der Waals surface area contributed by atoms with E-state index in [0.29, 0.717) is 15.6 Å². The number of rotatable bonds is 3. The number of halogens is 1. The maximum Gasteiger partial charge on any atom is 0.235 e. The molecule has 18 heavy (non-hydrogen) atoms. The topological polar surface area (TPSA) is 63.4 Å². The highest BCUT2D eigenvalue weighted by Crippen LogP contribution is 2.26. The van der Waals surface area contributed by atoms with Gasteiger partial charge in [0.25, 0.3) is 0 Å². The fourth-order valence-electron chi connectivity index (χ4n) is 2.01. The van der Waals surface area contributed by atoms with Gasteiger partial charge in [-0.25, -0.2) is 0 Å². The Balaban J connectivity index is 2.10. The molecule has 1 aliphatic heterocycles. The first-order chi connectivity index (χ1) is 8.59. The molecule has 1 fully saturated rings. The molecule has 2 rings (SSSR count). The van der Waals surface area contributed by atoms with E-state index in [1.165, 1.54) is 0 Å². The van der Waals surface area contributed by atoms with Crippen molar-refractivity contribution in [3.63, 3.8) is 0 Å². The first-order valence-electron chi connectivity index (χ1n) is 5.79. The van der Waals surface area contributed by atoms with Crippen LogP contribution in [-0.4, -0.2) is 33.9 Å². The van der Waals surface area contributed by atoms with Crippen molar-refractivity contribution >= 4 is 34.0 Å². The van der Waals surface area contributed by atoms with Crippen molar-refractivity contribution in [2.75, 3.05) is 24.6 Å². The van der Waals surface area contributed by atoms with Crippen molar-refractivity contribution in [2.45, 2.75) is 17.7 Å². The Hall–Kier alpha value is -1.07. The van der Waals surface area contributed by atoms with Gasteiger partial charge in [-0.1, -0.05) is 17.7 Å². The van der Waals surface area contributed by atoms with E-state index in [9.17, 15) is 9.00 Å². The van der Waals surface area contributed by atoms with Gasteiger partial charge in [0.1, 0.15) is 5.75 Å². The van der Waals surface area contributed by atoms with Crippen molar-refractivity contribution in [1.82, 2.24) is 4.90 Å². The second-order valence-electron chi connectivity index (χ2n) is 4.24. The molecule has 0 aromatic heterocycles. The summed E-state index contributed by atoms with van der Waals surface area (Å²) in [4.78, 5) is 14.0. The van der Waals surface area contributed by atoms with Gasteiger partial charge in [-0.05, 0) is 25.0 Å². The summed E-state index contributed by atoms with van der Waals surface area (Å²) >= 11 is 5.97. The van der Waals surface area contributed by atoms with Gasteiger partial charge >= 0.3 is 0 Å². The predicted molar refractivity (Wildman–Crippen MR) is 73.0 cm³/mol. The molecule has 6 heteroatoms. The van der Waals surface area contributed by atoms with Crippen LogP contribution in [0.25, 0.3) is 0 Å². The zero-order valence-corrected chi connectivity index (χ0v) is 11.5. The Labute approximate surface area is 114 Å². The van der Waals surface area contributed by atoms with Crippen LogP contribution in [0.1, 0.15) is 12.8 Å². The molecule has 98 valence electrons. The van der Waals surface area contributed by atoms with Crippen LogP contribution in [0, 0.1) is 0 Å². The van der Waals surface area contributed by atoms with E-state index >= 15 is 0 Å². The second-order valence-corrected chi connectivity index (χ2v) is 6.03. The number of likely N-dealkylation sites (tertiary alicyclic amines) is 1. The first-order valence-corrected chi connectivity index (χ1v) is 7.49. The molecule has 0 aliphatic carbocycles. The minimum atomic E-state index is -1.48. The Kier molecular flexibility index (Phi) is 4.24. The Morgan fingerprint density at radius 2 is 2.06 bits per heavy atom. The molecule has 0 radical (unpaired) electrons. The molecule has 1 aromatic carbocycles. The molecular formula is C12H15ClN2O2S. The third-order valence-corrected chi connectivity index (χ3v) is 4.79. The third-order valence-electron chi connectivity index (χ3n) is 2.94. The van der Waals surface area contributed by atoms with Gasteiger partial charge in [0.2, 0.25) is 5.91 Å². The lowest BCUT2D eigenvalue weighted by atomic mass is 10.3. The number of nitrogens with two attached hydrogens (primary N) is 1. The van der Waals surface area contributed by atoms with Crippen molar-refractivity contribution in [2.24, 2.45) is 0 Å². The average Bonchev–Trinajstić information content (AvgIpc) is 2.81. The maximum absolute atomic E-state index is 12.2. The molecule has 1 unspecified atom stereocenters. The van der Waals surface area contributed by atoms with Gasteiger partial charge in [-0.15, -0.1) is 0 Å². The summed E-state index contributed by atoms with van der Waals surface area (Å²) < 4.78 is 12.2. The van der Waals surface area contributed by atoms with Gasteiger partial charge in [0, 0.05) is 18.8 Å². The van der Waals surface area contributed by atoms with Crippen LogP contribution in [0.2, 0.25) is 5.02 Å². The van der Waals surface area contributed by atoms with Crippen molar-refractivity contribution in [1.29, 1.82) is 0 Å². The van der Waals surface area contributed by atoms with Crippen LogP contribution < -0.4 is 5.73 Å². The van der Waals surface area contributed by atoms with Crippen LogP contribution >= 0.6 is 11.6 Å². The largest absolute Gasteiger partial charge is 0.398 e. The Bertz CT molecular complexity index is 467. The van der Waals surface area contributed by atoms with E-state index in [-0.39, 0.29) is 11.7 Å². The fraction of sp³-hybridized carbons (Fsp3) is 0.417. The van der Waals surface area contributed by atoms with E-state index < -0.39 is 10.8 Å². The van der Waals surface area contributed by atoms with Crippen LogP contribution in [0.15, 0.2) is 23.1 Å². The molecule has 4 nitrogen and oxygen atoms in total.